The normalized spacial score (nSPS) is 11.1. The summed E-state index contributed by atoms with van der Waals surface area (Å²) in [5.41, 5.74) is 2.89. The Hall–Kier alpha value is -3.47. The molecule has 27 heavy (non-hydrogen) atoms. The number of H-pyrrole nitrogens is 2. The SMILES string of the molecule is Cn1c(C(=O)NCc2[nH]ncc2O)c(C=N)c2sc(Cc3ccn[nH]3)nc21. The van der Waals surface area contributed by atoms with Crippen LogP contribution < -0.4 is 5.32 Å². The van der Waals surface area contributed by atoms with E-state index in [1.165, 1.54) is 23.7 Å². The number of rotatable bonds is 6. The first-order valence-electron chi connectivity index (χ1n) is 8.04. The predicted octanol–water partition coefficient (Wildman–Crippen LogP) is 1.31. The minimum absolute atomic E-state index is 0.0134. The highest BCUT2D eigenvalue weighted by molar-refractivity contribution is 7.19. The van der Waals surface area contributed by atoms with Gasteiger partial charge < -0.3 is 20.4 Å². The molecule has 0 aliphatic rings. The molecule has 4 aromatic heterocycles. The molecule has 0 aromatic carbocycles. The lowest BCUT2D eigenvalue weighted by atomic mass is 10.2. The van der Waals surface area contributed by atoms with Gasteiger partial charge >= 0.3 is 0 Å². The second kappa shape index (κ2) is 6.68. The zero-order valence-corrected chi connectivity index (χ0v) is 15.1. The number of nitrogens with zero attached hydrogens (tertiary/aromatic N) is 4. The highest BCUT2D eigenvalue weighted by Gasteiger charge is 2.23. The second-order valence-electron chi connectivity index (χ2n) is 5.90. The van der Waals surface area contributed by atoms with Gasteiger partial charge in [-0.1, -0.05) is 0 Å². The van der Waals surface area contributed by atoms with E-state index in [4.69, 9.17) is 5.41 Å². The molecule has 0 saturated heterocycles. The molecule has 0 spiro atoms. The maximum atomic E-state index is 12.7. The molecule has 1 amide bonds. The van der Waals surface area contributed by atoms with Crippen molar-refractivity contribution < 1.29 is 9.90 Å². The molecular weight excluding hydrogens is 368 g/mol. The van der Waals surface area contributed by atoms with Gasteiger partial charge in [0.25, 0.3) is 5.91 Å². The molecule has 0 fully saturated rings. The van der Waals surface area contributed by atoms with E-state index in [1.54, 1.807) is 17.8 Å². The van der Waals surface area contributed by atoms with Crippen molar-refractivity contribution in [2.45, 2.75) is 13.0 Å². The van der Waals surface area contributed by atoms with Crippen LogP contribution in [0.25, 0.3) is 10.3 Å². The fraction of sp³-hybridized carbons (Fsp3) is 0.188. The Bertz CT molecular complexity index is 1120. The summed E-state index contributed by atoms with van der Waals surface area (Å²) in [4.78, 5) is 17.3. The zero-order valence-electron chi connectivity index (χ0n) is 14.3. The molecule has 0 aliphatic heterocycles. The fourth-order valence-corrected chi connectivity index (χ4v) is 4.01. The molecular formula is C16H16N8O2S. The van der Waals surface area contributed by atoms with Crippen molar-refractivity contribution in [3.8, 4) is 5.75 Å². The van der Waals surface area contributed by atoms with Crippen molar-refractivity contribution in [2.75, 3.05) is 0 Å². The lowest BCUT2D eigenvalue weighted by Crippen LogP contribution is -2.26. The van der Waals surface area contributed by atoms with Gasteiger partial charge in [0.1, 0.15) is 10.7 Å². The third-order valence-corrected chi connectivity index (χ3v) is 5.27. The van der Waals surface area contributed by atoms with E-state index in [0.29, 0.717) is 29.0 Å². The lowest BCUT2D eigenvalue weighted by molar-refractivity contribution is 0.0942. The smallest absolute Gasteiger partial charge is 0.269 e. The van der Waals surface area contributed by atoms with Gasteiger partial charge in [0.2, 0.25) is 0 Å². The van der Waals surface area contributed by atoms with Crippen molar-refractivity contribution in [1.29, 1.82) is 5.41 Å². The summed E-state index contributed by atoms with van der Waals surface area (Å²) in [7, 11) is 1.75. The van der Waals surface area contributed by atoms with E-state index < -0.39 is 0 Å². The minimum atomic E-state index is -0.356. The molecule has 0 atom stereocenters. The van der Waals surface area contributed by atoms with E-state index in [-0.39, 0.29) is 18.2 Å². The maximum Gasteiger partial charge on any atom is 0.269 e. The average Bonchev–Trinajstić information content (AvgIpc) is 3.41. The number of carbonyl (C=O) groups excluding carboxylic acids is 1. The van der Waals surface area contributed by atoms with Gasteiger partial charge in [-0.2, -0.15) is 10.2 Å². The van der Waals surface area contributed by atoms with Crippen LogP contribution in [0.2, 0.25) is 0 Å². The molecule has 10 nitrogen and oxygen atoms in total. The summed E-state index contributed by atoms with van der Waals surface area (Å²) in [5, 5.41) is 34.1. The van der Waals surface area contributed by atoms with Gasteiger partial charge in [-0.15, -0.1) is 11.3 Å². The number of aromatic amines is 2. The van der Waals surface area contributed by atoms with Crippen LogP contribution in [0.3, 0.4) is 0 Å². The molecule has 5 N–H and O–H groups in total. The Morgan fingerprint density at radius 2 is 2.30 bits per heavy atom. The predicted molar refractivity (Wildman–Crippen MR) is 99.3 cm³/mol. The maximum absolute atomic E-state index is 12.7. The monoisotopic (exact) mass is 384 g/mol. The number of thiazole rings is 1. The lowest BCUT2D eigenvalue weighted by Gasteiger charge is -2.07. The number of nitrogens with one attached hydrogen (secondary N) is 4. The number of hydrogen-bond donors (Lipinski definition) is 5. The van der Waals surface area contributed by atoms with Gasteiger partial charge in [0.05, 0.1) is 23.1 Å². The molecule has 0 bridgehead atoms. The number of aryl methyl sites for hydroxylation is 1. The van der Waals surface area contributed by atoms with Gasteiger partial charge in [0.15, 0.2) is 11.4 Å². The van der Waals surface area contributed by atoms with E-state index in [2.05, 4.69) is 30.7 Å². The number of fused-ring (bicyclic) bond motifs is 1. The van der Waals surface area contributed by atoms with Gasteiger partial charge in [0, 0.05) is 37.1 Å². The van der Waals surface area contributed by atoms with Crippen molar-refractivity contribution in [3.05, 3.63) is 46.1 Å². The average molecular weight is 384 g/mol. The summed E-state index contributed by atoms with van der Waals surface area (Å²) in [6.45, 7) is 0.0967. The number of aromatic nitrogens is 6. The Morgan fingerprint density at radius 1 is 1.44 bits per heavy atom. The van der Waals surface area contributed by atoms with Gasteiger partial charge in [-0.05, 0) is 6.07 Å². The van der Waals surface area contributed by atoms with Crippen molar-refractivity contribution >= 4 is 33.8 Å². The Balaban J connectivity index is 1.63. The molecule has 0 radical (unpaired) electrons. The summed E-state index contributed by atoms with van der Waals surface area (Å²) in [5.74, 6) is -0.370. The van der Waals surface area contributed by atoms with Crippen LogP contribution in [-0.4, -0.2) is 47.2 Å². The van der Waals surface area contributed by atoms with Crippen LogP contribution in [0.5, 0.6) is 5.75 Å². The van der Waals surface area contributed by atoms with E-state index >= 15 is 0 Å². The van der Waals surface area contributed by atoms with Crippen LogP contribution in [0.1, 0.15) is 32.4 Å². The molecule has 0 saturated carbocycles. The zero-order chi connectivity index (χ0) is 19.0. The molecule has 0 aliphatic carbocycles. The fourth-order valence-electron chi connectivity index (χ4n) is 2.87. The van der Waals surface area contributed by atoms with E-state index in [1.807, 2.05) is 6.07 Å². The molecule has 138 valence electrons. The molecule has 11 heteroatoms. The van der Waals surface area contributed by atoms with Crippen LogP contribution in [0.4, 0.5) is 0 Å². The van der Waals surface area contributed by atoms with E-state index in [9.17, 15) is 9.90 Å². The third-order valence-electron chi connectivity index (χ3n) is 4.19. The molecule has 0 unspecified atom stereocenters. The first-order chi connectivity index (χ1) is 13.1. The molecule has 4 rings (SSSR count). The molecule has 4 heterocycles. The minimum Gasteiger partial charge on any atom is -0.504 e. The standard InChI is InChI=1S/C16H16N8O2S/c1-24-13(16(26)18-6-10-11(25)7-20-23-10)9(5-17)14-15(24)21-12(27-14)4-8-2-3-19-22-8/h2-3,5,7,17,25H,4,6H2,1H3,(H,18,26)(H,19,22)(H,20,23). The highest BCUT2D eigenvalue weighted by Crippen LogP contribution is 2.30. The summed E-state index contributed by atoms with van der Waals surface area (Å²) in [6, 6.07) is 1.88. The number of aromatic hydroxyl groups is 1. The van der Waals surface area contributed by atoms with Gasteiger partial charge in [-0.3, -0.25) is 15.0 Å². The Kier molecular flexibility index (Phi) is 4.20. The number of carbonyl (C=O) groups is 1. The first-order valence-corrected chi connectivity index (χ1v) is 8.86. The van der Waals surface area contributed by atoms with Crippen molar-refractivity contribution in [1.82, 2.24) is 35.3 Å². The van der Waals surface area contributed by atoms with Crippen LogP contribution >= 0.6 is 11.3 Å². The quantitative estimate of drug-likeness (QED) is 0.318. The Labute approximate surface area is 156 Å². The summed E-state index contributed by atoms with van der Waals surface area (Å²) in [6.07, 6.45) is 4.74. The Morgan fingerprint density at radius 3 is 2.96 bits per heavy atom. The van der Waals surface area contributed by atoms with Crippen molar-refractivity contribution in [2.24, 2.45) is 7.05 Å². The third kappa shape index (κ3) is 2.97. The summed E-state index contributed by atoms with van der Waals surface area (Å²) >= 11 is 1.45. The number of hydrogen-bond acceptors (Lipinski definition) is 7. The highest BCUT2D eigenvalue weighted by atomic mass is 32.1. The molecule has 4 aromatic rings. The number of amides is 1. The van der Waals surface area contributed by atoms with Crippen molar-refractivity contribution in [3.63, 3.8) is 0 Å². The van der Waals surface area contributed by atoms with Crippen LogP contribution in [-0.2, 0) is 20.0 Å². The van der Waals surface area contributed by atoms with Crippen LogP contribution in [0, 0.1) is 5.41 Å². The van der Waals surface area contributed by atoms with E-state index in [0.717, 1.165) is 15.4 Å². The summed E-state index contributed by atoms with van der Waals surface area (Å²) < 4.78 is 2.47. The first kappa shape index (κ1) is 17.0. The topological polar surface area (TPSA) is 148 Å². The van der Waals surface area contributed by atoms with Gasteiger partial charge in [-0.25, -0.2) is 4.98 Å². The second-order valence-corrected chi connectivity index (χ2v) is 6.98. The largest absolute Gasteiger partial charge is 0.504 e. The van der Waals surface area contributed by atoms with Crippen LogP contribution in [0.15, 0.2) is 18.5 Å².